The SMILES string of the molecule is COc1cc(-c2ccc(C(C)C(O)(c3ccc(=O)[nH]c3C)C(F)(F)F)c(Cl)c2)ccc1C(=O)O. The molecule has 0 bridgehead atoms. The van der Waals surface area contributed by atoms with Crippen LogP contribution < -0.4 is 10.3 Å². The molecule has 6 nitrogen and oxygen atoms in total. The average molecular weight is 496 g/mol. The second-order valence-electron chi connectivity index (χ2n) is 7.80. The number of rotatable bonds is 6. The lowest BCUT2D eigenvalue weighted by molar-refractivity contribution is -0.274. The van der Waals surface area contributed by atoms with Crippen LogP contribution in [0.4, 0.5) is 13.2 Å². The first-order valence-corrected chi connectivity index (χ1v) is 10.4. The van der Waals surface area contributed by atoms with Crippen LogP contribution in [-0.2, 0) is 5.60 Å². The van der Waals surface area contributed by atoms with Gasteiger partial charge in [0.1, 0.15) is 11.3 Å². The summed E-state index contributed by atoms with van der Waals surface area (Å²) < 4.78 is 47.8. The van der Waals surface area contributed by atoms with E-state index in [1.54, 1.807) is 0 Å². The van der Waals surface area contributed by atoms with Crippen molar-refractivity contribution in [2.75, 3.05) is 7.11 Å². The minimum atomic E-state index is -5.09. The smallest absolute Gasteiger partial charge is 0.422 e. The highest BCUT2D eigenvalue weighted by Gasteiger charge is 2.59. The zero-order chi connectivity index (χ0) is 25.4. The van der Waals surface area contributed by atoms with Crippen LogP contribution in [0.5, 0.6) is 5.75 Å². The molecule has 34 heavy (non-hydrogen) atoms. The molecule has 0 aliphatic rings. The van der Waals surface area contributed by atoms with Crippen molar-refractivity contribution in [2.24, 2.45) is 0 Å². The Kier molecular flexibility index (Phi) is 6.82. The zero-order valence-corrected chi connectivity index (χ0v) is 19.1. The fourth-order valence-electron chi connectivity index (χ4n) is 3.95. The minimum absolute atomic E-state index is 0.0315. The number of hydrogen-bond acceptors (Lipinski definition) is 4. The van der Waals surface area contributed by atoms with E-state index in [1.807, 2.05) is 0 Å². The molecule has 2 aromatic carbocycles. The fourth-order valence-corrected chi connectivity index (χ4v) is 4.30. The zero-order valence-electron chi connectivity index (χ0n) is 18.3. The molecule has 2 atom stereocenters. The van der Waals surface area contributed by atoms with Crippen molar-refractivity contribution in [1.82, 2.24) is 4.98 Å². The number of hydrogen-bond donors (Lipinski definition) is 3. The normalized spacial score (nSPS) is 14.4. The van der Waals surface area contributed by atoms with Gasteiger partial charge in [-0.2, -0.15) is 13.2 Å². The Morgan fingerprint density at radius 2 is 1.71 bits per heavy atom. The van der Waals surface area contributed by atoms with Crippen LogP contribution >= 0.6 is 11.6 Å². The summed E-state index contributed by atoms with van der Waals surface area (Å²) in [6.07, 6.45) is -5.09. The van der Waals surface area contributed by atoms with Crippen molar-refractivity contribution < 1.29 is 32.9 Å². The summed E-state index contributed by atoms with van der Waals surface area (Å²) >= 11 is 6.38. The number of aromatic nitrogens is 1. The van der Waals surface area contributed by atoms with E-state index >= 15 is 0 Å². The van der Waals surface area contributed by atoms with Crippen LogP contribution in [0.25, 0.3) is 11.1 Å². The number of carboxylic acids is 1. The van der Waals surface area contributed by atoms with Gasteiger partial charge in [0, 0.05) is 28.3 Å². The number of carboxylic acid groups (broad SMARTS) is 1. The highest BCUT2D eigenvalue weighted by molar-refractivity contribution is 6.31. The van der Waals surface area contributed by atoms with Crippen LogP contribution in [-0.4, -0.2) is 34.5 Å². The van der Waals surface area contributed by atoms with E-state index in [0.717, 1.165) is 12.1 Å². The molecule has 0 fully saturated rings. The van der Waals surface area contributed by atoms with E-state index in [0.29, 0.717) is 11.1 Å². The predicted molar refractivity (Wildman–Crippen MR) is 121 cm³/mol. The van der Waals surface area contributed by atoms with Crippen molar-refractivity contribution in [2.45, 2.75) is 31.5 Å². The maximum atomic E-state index is 14.2. The van der Waals surface area contributed by atoms with Gasteiger partial charge in [-0.25, -0.2) is 4.79 Å². The van der Waals surface area contributed by atoms with E-state index in [1.165, 1.54) is 57.4 Å². The van der Waals surface area contributed by atoms with E-state index < -0.39 is 34.8 Å². The third kappa shape index (κ3) is 4.41. The molecule has 3 N–H and O–H groups in total. The Balaban J connectivity index is 2.09. The average Bonchev–Trinajstić information content (AvgIpc) is 2.76. The number of aliphatic hydroxyl groups is 1. The number of carbonyl (C=O) groups is 1. The summed E-state index contributed by atoms with van der Waals surface area (Å²) in [5.74, 6) is -2.60. The predicted octanol–water partition coefficient (Wildman–Crippen LogP) is 5.26. The second-order valence-corrected chi connectivity index (χ2v) is 8.21. The molecule has 0 saturated heterocycles. The number of aromatic amines is 1. The molecule has 0 aliphatic heterocycles. The summed E-state index contributed by atoms with van der Waals surface area (Å²) in [7, 11) is 1.32. The number of pyridine rings is 1. The molecule has 180 valence electrons. The van der Waals surface area contributed by atoms with Gasteiger partial charge in [-0.3, -0.25) is 4.79 Å². The molecule has 2 unspecified atom stereocenters. The molecule has 0 aliphatic carbocycles. The van der Waals surface area contributed by atoms with Gasteiger partial charge in [0.15, 0.2) is 5.60 Å². The van der Waals surface area contributed by atoms with Gasteiger partial charge in [-0.15, -0.1) is 0 Å². The number of methoxy groups -OCH3 is 1. The monoisotopic (exact) mass is 495 g/mol. The summed E-state index contributed by atoms with van der Waals surface area (Å²) in [4.78, 5) is 25.1. The lowest BCUT2D eigenvalue weighted by Gasteiger charge is -2.37. The molecular weight excluding hydrogens is 475 g/mol. The van der Waals surface area contributed by atoms with E-state index in [4.69, 9.17) is 16.3 Å². The fraction of sp³-hybridized carbons (Fsp3) is 0.250. The van der Waals surface area contributed by atoms with Gasteiger partial charge in [0.2, 0.25) is 5.56 Å². The standard InChI is InChI=1S/C24H21ClF3NO5/c1-12(23(33,24(26,27)28)18-8-9-21(30)29-13(18)2)16-6-4-14(10-19(16)25)15-5-7-17(22(31)32)20(11-15)34-3/h4-12,33H,1-3H3,(H,29,30)(H,31,32). The molecular formula is C24H21ClF3NO5. The molecule has 3 aromatic rings. The van der Waals surface area contributed by atoms with Gasteiger partial charge in [-0.05, 0) is 47.9 Å². The van der Waals surface area contributed by atoms with Gasteiger partial charge >= 0.3 is 12.1 Å². The quantitative estimate of drug-likeness (QED) is 0.433. The van der Waals surface area contributed by atoms with E-state index in [-0.39, 0.29) is 27.6 Å². The third-order valence-electron chi connectivity index (χ3n) is 5.82. The Hall–Kier alpha value is -3.30. The first-order chi connectivity index (χ1) is 15.8. The number of H-pyrrole nitrogens is 1. The molecule has 3 rings (SSSR count). The number of ether oxygens (including phenoxy) is 1. The number of alkyl halides is 3. The Morgan fingerprint density at radius 3 is 2.24 bits per heavy atom. The van der Waals surface area contributed by atoms with Crippen LogP contribution in [0.3, 0.4) is 0 Å². The van der Waals surface area contributed by atoms with E-state index in [9.17, 15) is 33.0 Å². The lowest BCUT2D eigenvalue weighted by Crippen LogP contribution is -2.47. The van der Waals surface area contributed by atoms with Gasteiger partial charge in [0.05, 0.1) is 7.11 Å². The van der Waals surface area contributed by atoms with Crippen LogP contribution in [0.1, 0.15) is 40.0 Å². The molecule has 1 aromatic heterocycles. The Morgan fingerprint density at radius 1 is 1.09 bits per heavy atom. The van der Waals surface area contributed by atoms with Crippen molar-refractivity contribution in [3.63, 3.8) is 0 Å². The molecule has 10 heteroatoms. The van der Waals surface area contributed by atoms with Crippen molar-refractivity contribution in [1.29, 1.82) is 0 Å². The molecule has 0 spiro atoms. The molecule has 0 amide bonds. The van der Waals surface area contributed by atoms with Crippen molar-refractivity contribution in [3.05, 3.63) is 86.3 Å². The van der Waals surface area contributed by atoms with Crippen molar-refractivity contribution in [3.8, 4) is 16.9 Å². The van der Waals surface area contributed by atoms with Crippen LogP contribution in [0, 0.1) is 6.92 Å². The highest BCUT2D eigenvalue weighted by atomic mass is 35.5. The van der Waals surface area contributed by atoms with Crippen LogP contribution in [0.2, 0.25) is 5.02 Å². The first-order valence-electron chi connectivity index (χ1n) is 10.0. The number of halogens is 4. The number of benzene rings is 2. The molecule has 0 saturated carbocycles. The molecule has 0 radical (unpaired) electrons. The lowest BCUT2D eigenvalue weighted by atomic mass is 9.77. The summed E-state index contributed by atoms with van der Waals surface area (Å²) in [5.41, 5.74) is -3.50. The van der Waals surface area contributed by atoms with Crippen molar-refractivity contribution >= 4 is 17.6 Å². The Labute approximate surface area is 197 Å². The first kappa shape index (κ1) is 25.3. The number of nitrogens with one attached hydrogen (secondary N) is 1. The minimum Gasteiger partial charge on any atom is -0.496 e. The number of aryl methyl sites for hydroxylation is 1. The van der Waals surface area contributed by atoms with Gasteiger partial charge < -0.3 is 19.9 Å². The Bertz CT molecular complexity index is 1300. The summed E-state index contributed by atoms with van der Waals surface area (Å²) in [5, 5.41) is 20.2. The number of aromatic carboxylic acids is 1. The second kappa shape index (κ2) is 9.15. The van der Waals surface area contributed by atoms with Crippen LogP contribution in [0.15, 0.2) is 53.3 Å². The largest absolute Gasteiger partial charge is 0.496 e. The maximum absolute atomic E-state index is 14.2. The van der Waals surface area contributed by atoms with E-state index in [2.05, 4.69) is 4.98 Å². The van der Waals surface area contributed by atoms with Gasteiger partial charge in [0.25, 0.3) is 0 Å². The van der Waals surface area contributed by atoms with Gasteiger partial charge in [-0.1, -0.05) is 36.7 Å². The molecule has 1 heterocycles. The summed E-state index contributed by atoms with van der Waals surface area (Å²) in [6.45, 7) is 2.47. The third-order valence-corrected chi connectivity index (χ3v) is 6.15. The topological polar surface area (TPSA) is 99.6 Å². The summed E-state index contributed by atoms with van der Waals surface area (Å²) in [6, 6.07) is 10.5. The highest BCUT2D eigenvalue weighted by Crippen LogP contribution is 2.50. The maximum Gasteiger partial charge on any atom is 0.422 e.